The predicted octanol–water partition coefficient (Wildman–Crippen LogP) is 1.95. The summed E-state index contributed by atoms with van der Waals surface area (Å²) in [4.78, 5) is 13.6. The smallest absolute Gasteiger partial charge is 0.409 e. The lowest BCUT2D eigenvalue weighted by Gasteiger charge is -2.26. The van der Waals surface area contributed by atoms with Crippen molar-refractivity contribution in [3.63, 3.8) is 0 Å². The number of nitrogens with zero attached hydrogens (tertiary/aromatic N) is 1. The van der Waals surface area contributed by atoms with Crippen LogP contribution in [0.15, 0.2) is 11.8 Å². The average Bonchev–Trinajstić information content (AvgIpc) is 2.39. The number of allylic oxidation sites excluding steroid dienone is 1. The molecule has 0 saturated carbocycles. The van der Waals surface area contributed by atoms with E-state index in [4.69, 9.17) is 18.3 Å². The summed E-state index contributed by atoms with van der Waals surface area (Å²) in [6.45, 7) is 7.44. The van der Waals surface area contributed by atoms with Crippen LogP contribution >= 0.6 is 7.82 Å². The molecule has 0 aromatic heterocycles. The third-order valence-electron chi connectivity index (χ3n) is 2.48. The topological polar surface area (TPSA) is 74.3 Å². The van der Waals surface area contributed by atoms with Crippen molar-refractivity contribution in [2.45, 2.75) is 20.8 Å². The van der Waals surface area contributed by atoms with Crippen molar-refractivity contribution in [1.29, 1.82) is 0 Å². The maximum atomic E-state index is 12.1. The van der Waals surface area contributed by atoms with Crippen LogP contribution in [0.25, 0.3) is 0 Å². The molecule has 1 amide bonds. The van der Waals surface area contributed by atoms with E-state index in [9.17, 15) is 9.36 Å². The Labute approximate surface area is 119 Å². The fourth-order valence-electron chi connectivity index (χ4n) is 1.66. The molecule has 7 nitrogen and oxygen atoms in total. The minimum Gasteiger partial charge on any atom is -0.409 e. The van der Waals surface area contributed by atoms with Gasteiger partial charge in [0, 0.05) is 19.2 Å². The quantitative estimate of drug-likeness (QED) is 0.406. The van der Waals surface area contributed by atoms with E-state index in [1.54, 1.807) is 25.7 Å². The van der Waals surface area contributed by atoms with E-state index in [0.29, 0.717) is 26.3 Å². The monoisotopic (exact) mass is 307 g/mol. The normalized spacial score (nSPS) is 17.1. The minimum absolute atomic E-state index is 0.196. The van der Waals surface area contributed by atoms with E-state index >= 15 is 0 Å². The van der Waals surface area contributed by atoms with Crippen molar-refractivity contribution in [3.05, 3.63) is 11.8 Å². The molecule has 1 aliphatic heterocycles. The number of ether oxygens (including phenoxy) is 1. The van der Waals surface area contributed by atoms with Gasteiger partial charge in [0.05, 0.1) is 26.4 Å². The molecule has 116 valence electrons. The van der Waals surface area contributed by atoms with Crippen LogP contribution in [-0.4, -0.2) is 50.3 Å². The summed E-state index contributed by atoms with van der Waals surface area (Å²) in [5.41, 5.74) is 0. The first-order chi connectivity index (χ1) is 9.50. The third kappa shape index (κ3) is 5.63. The highest BCUT2D eigenvalue weighted by Crippen LogP contribution is 2.51. The lowest BCUT2D eigenvalue weighted by molar-refractivity contribution is -0.130. The van der Waals surface area contributed by atoms with Crippen molar-refractivity contribution >= 4 is 13.7 Å². The molecule has 0 bridgehead atoms. The fourth-order valence-corrected chi connectivity index (χ4v) is 2.88. The van der Waals surface area contributed by atoms with Crippen molar-refractivity contribution < 1.29 is 27.7 Å². The van der Waals surface area contributed by atoms with Gasteiger partial charge in [0.1, 0.15) is 5.76 Å². The second-order valence-corrected chi connectivity index (χ2v) is 5.66. The van der Waals surface area contributed by atoms with Crippen LogP contribution in [0.4, 0.5) is 0 Å². The van der Waals surface area contributed by atoms with Crippen molar-refractivity contribution in [1.82, 2.24) is 4.90 Å². The second-order valence-electron chi connectivity index (χ2n) is 4.07. The number of phosphoric acid groups is 1. The Bertz CT molecular complexity index is 381. The highest BCUT2D eigenvalue weighted by Gasteiger charge is 2.27. The Kier molecular flexibility index (Phi) is 7.23. The van der Waals surface area contributed by atoms with Gasteiger partial charge < -0.3 is 14.2 Å². The summed E-state index contributed by atoms with van der Waals surface area (Å²) in [7, 11) is -3.64. The first kappa shape index (κ1) is 17.2. The Hall–Kier alpha value is -0.880. The number of carbonyl (C=O) groups is 1. The van der Waals surface area contributed by atoms with Crippen LogP contribution < -0.4 is 0 Å². The molecule has 0 spiro atoms. The molecule has 8 heteroatoms. The van der Waals surface area contributed by atoms with E-state index in [2.05, 4.69) is 0 Å². The molecule has 0 radical (unpaired) electrons. The molecule has 20 heavy (non-hydrogen) atoms. The molecule has 0 aromatic carbocycles. The van der Waals surface area contributed by atoms with Gasteiger partial charge in [-0.15, -0.1) is 0 Å². The van der Waals surface area contributed by atoms with Crippen LogP contribution in [-0.2, 0) is 27.7 Å². The summed E-state index contributed by atoms with van der Waals surface area (Å²) in [5.74, 6) is -0.00271. The number of carbonyl (C=O) groups excluding carboxylic acids is 1. The van der Waals surface area contributed by atoms with E-state index in [-0.39, 0.29) is 24.9 Å². The van der Waals surface area contributed by atoms with Gasteiger partial charge >= 0.3 is 7.82 Å². The van der Waals surface area contributed by atoms with Gasteiger partial charge in [-0.2, -0.15) is 0 Å². The molecular weight excluding hydrogens is 285 g/mol. The van der Waals surface area contributed by atoms with Gasteiger partial charge in [-0.3, -0.25) is 13.8 Å². The number of hydrogen-bond acceptors (Lipinski definition) is 6. The molecule has 0 atom stereocenters. The molecule has 1 heterocycles. The summed E-state index contributed by atoms with van der Waals surface area (Å²) in [5, 5.41) is 0. The number of amides is 1. The van der Waals surface area contributed by atoms with Gasteiger partial charge in [-0.1, -0.05) is 0 Å². The zero-order valence-electron chi connectivity index (χ0n) is 12.2. The largest absolute Gasteiger partial charge is 0.529 e. The lowest BCUT2D eigenvalue weighted by Crippen LogP contribution is -2.39. The summed E-state index contributed by atoms with van der Waals surface area (Å²) < 4.78 is 32.5. The van der Waals surface area contributed by atoms with Crippen molar-refractivity contribution in [2.24, 2.45) is 0 Å². The van der Waals surface area contributed by atoms with Crippen LogP contribution in [0.5, 0.6) is 0 Å². The van der Waals surface area contributed by atoms with E-state index in [0.717, 1.165) is 0 Å². The lowest BCUT2D eigenvalue weighted by atomic mass is 10.3. The van der Waals surface area contributed by atoms with Gasteiger partial charge in [-0.25, -0.2) is 4.57 Å². The van der Waals surface area contributed by atoms with E-state index in [1.807, 2.05) is 0 Å². The molecule has 1 aliphatic rings. The molecule has 0 unspecified atom stereocenters. The average molecular weight is 307 g/mol. The SMILES string of the molecule is CCOP(=O)(OCC)O/C(C)=C/C(=O)N1CCOCC1. The van der Waals surface area contributed by atoms with Crippen LogP contribution in [0.1, 0.15) is 20.8 Å². The van der Waals surface area contributed by atoms with Crippen LogP contribution in [0, 0.1) is 0 Å². The Morgan fingerprint density at radius 2 is 1.80 bits per heavy atom. The number of phosphoric ester groups is 1. The van der Waals surface area contributed by atoms with Gasteiger partial charge in [0.15, 0.2) is 0 Å². The molecule has 0 N–H and O–H groups in total. The molecule has 0 aliphatic carbocycles. The zero-order chi connectivity index (χ0) is 15.0. The second kappa shape index (κ2) is 8.42. The summed E-state index contributed by atoms with van der Waals surface area (Å²) in [6, 6.07) is 0. The summed E-state index contributed by atoms with van der Waals surface area (Å²) >= 11 is 0. The number of morpholine rings is 1. The highest BCUT2D eigenvalue weighted by atomic mass is 31.2. The molecular formula is C12H22NO6P. The Balaban J connectivity index is 2.62. The predicted molar refractivity (Wildman–Crippen MR) is 73.1 cm³/mol. The van der Waals surface area contributed by atoms with Crippen molar-refractivity contribution in [2.75, 3.05) is 39.5 Å². The van der Waals surface area contributed by atoms with Crippen LogP contribution in [0.3, 0.4) is 0 Å². The van der Waals surface area contributed by atoms with Gasteiger partial charge in [-0.05, 0) is 20.8 Å². The Morgan fingerprint density at radius 3 is 2.30 bits per heavy atom. The molecule has 0 aromatic rings. The van der Waals surface area contributed by atoms with Crippen LogP contribution in [0.2, 0.25) is 0 Å². The first-order valence-corrected chi connectivity index (χ1v) is 8.10. The maximum absolute atomic E-state index is 12.1. The highest BCUT2D eigenvalue weighted by molar-refractivity contribution is 7.48. The fraction of sp³-hybridized carbons (Fsp3) is 0.750. The van der Waals surface area contributed by atoms with E-state index in [1.165, 1.54) is 6.08 Å². The van der Waals surface area contributed by atoms with Gasteiger partial charge in [0.25, 0.3) is 0 Å². The standard InChI is InChI=1S/C12H22NO6P/c1-4-17-20(15,18-5-2)19-11(3)10-12(14)13-6-8-16-9-7-13/h10H,4-9H2,1-3H3/b11-10+. The zero-order valence-corrected chi connectivity index (χ0v) is 13.1. The molecule has 1 rings (SSSR count). The Morgan fingerprint density at radius 1 is 1.25 bits per heavy atom. The molecule has 1 fully saturated rings. The molecule has 1 saturated heterocycles. The van der Waals surface area contributed by atoms with Gasteiger partial charge in [0.2, 0.25) is 5.91 Å². The summed E-state index contributed by atoms with van der Waals surface area (Å²) in [6.07, 6.45) is 1.29. The number of rotatable bonds is 7. The third-order valence-corrected chi connectivity index (χ3v) is 4.14. The first-order valence-electron chi connectivity index (χ1n) is 6.64. The number of hydrogen-bond donors (Lipinski definition) is 0. The van der Waals surface area contributed by atoms with Crippen molar-refractivity contribution in [3.8, 4) is 0 Å². The maximum Gasteiger partial charge on any atom is 0.529 e. The van der Waals surface area contributed by atoms with E-state index < -0.39 is 7.82 Å². The minimum atomic E-state index is -3.64.